The number of phenols is 1. The van der Waals surface area contributed by atoms with E-state index in [-0.39, 0.29) is 28.7 Å². The molecule has 3 nitrogen and oxygen atoms in total. The summed E-state index contributed by atoms with van der Waals surface area (Å²) >= 11 is 0. The van der Waals surface area contributed by atoms with Crippen molar-refractivity contribution in [3.05, 3.63) is 23.8 Å². The first-order valence-electron chi connectivity index (χ1n) is 6.53. The number of hydrogen-bond acceptors (Lipinski definition) is 3. The molecule has 0 saturated carbocycles. The average molecular weight is 322 g/mol. The molecular weight excluding hydrogens is 301 g/mol. The molecule has 120 valence electrons. The quantitative estimate of drug-likeness (QED) is 0.808. The molecule has 1 aromatic carbocycles. The zero-order chi connectivity index (χ0) is 16.5. The molecule has 21 heavy (non-hydrogen) atoms. The van der Waals surface area contributed by atoms with Crippen molar-refractivity contribution < 1.29 is 27.4 Å². The van der Waals surface area contributed by atoms with Gasteiger partial charge in [-0.05, 0) is 36.3 Å². The van der Waals surface area contributed by atoms with Gasteiger partial charge in [-0.15, -0.1) is 13.2 Å². The number of ether oxygens (including phenoxy) is 1. The number of alkyl halides is 3. The van der Waals surface area contributed by atoms with Crippen molar-refractivity contribution in [2.45, 2.75) is 51.9 Å². The first kappa shape index (κ1) is 17.8. The number of rotatable bonds is 4. The van der Waals surface area contributed by atoms with Crippen molar-refractivity contribution >= 4 is 8.32 Å². The van der Waals surface area contributed by atoms with Gasteiger partial charge in [0, 0.05) is 5.56 Å². The summed E-state index contributed by atoms with van der Waals surface area (Å²) in [5.41, 5.74) is 0.178. The van der Waals surface area contributed by atoms with E-state index in [0.29, 0.717) is 0 Å². The van der Waals surface area contributed by atoms with Crippen LogP contribution < -0.4 is 4.74 Å². The molecule has 0 bridgehead atoms. The lowest BCUT2D eigenvalue weighted by atomic mass is 10.2. The SMILES string of the molecule is CC(C)(C)[Si](C)(C)OCc1cc(O)ccc1OC(F)(F)F. The van der Waals surface area contributed by atoms with Crippen molar-refractivity contribution in [2.75, 3.05) is 0 Å². The molecule has 1 N–H and O–H groups in total. The molecule has 0 radical (unpaired) electrons. The summed E-state index contributed by atoms with van der Waals surface area (Å²) < 4.78 is 46.9. The molecule has 0 fully saturated rings. The summed E-state index contributed by atoms with van der Waals surface area (Å²) in [5, 5.41) is 9.38. The fraction of sp³-hybridized carbons (Fsp3) is 0.571. The Labute approximate surface area is 123 Å². The monoisotopic (exact) mass is 322 g/mol. The maximum atomic E-state index is 12.4. The summed E-state index contributed by atoms with van der Waals surface area (Å²) in [7, 11) is -2.11. The van der Waals surface area contributed by atoms with Gasteiger partial charge in [0.25, 0.3) is 0 Å². The molecular formula is C14H21F3O3Si. The standard InChI is InChI=1S/C14H21F3O3Si/c1-13(2,3)21(4,5)19-9-10-8-11(18)6-7-12(10)20-14(15,16)17/h6-8,18H,9H2,1-5H3. The van der Waals surface area contributed by atoms with Crippen LogP contribution in [-0.4, -0.2) is 19.8 Å². The predicted molar refractivity (Wildman–Crippen MR) is 76.8 cm³/mol. The molecule has 0 amide bonds. The molecule has 0 aliphatic heterocycles. The third kappa shape index (κ3) is 5.24. The lowest BCUT2D eigenvalue weighted by Gasteiger charge is -2.36. The fourth-order valence-corrected chi connectivity index (χ4v) is 2.33. The molecule has 1 aromatic rings. The Morgan fingerprint density at radius 1 is 1.14 bits per heavy atom. The Morgan fingerprint density at radius 2 is 1.71 bits per heavy atom. The lowest BCUT2D eigenvalue weighted by molar-refractivity contribution is -0.275. The van der Waals surface area contributed by atoms with Crippen LogP contribution in [0.4, 0.5) is 13.2 Å². The van der Waals surface area contributed by atoms with Crippen LogP contribution in [0, 0.1) is 0 Å². The summed E-state index contributed by atoms with van der Waals surface area (Å²) in [5.74, 6) is -0.475. The summed E-state index contributed by atoms with van der Waals surface area (Å²) in [6.45, 7) is 10.1. The molecule has 0 saturated heterocycles. The average Bonchev–Trinajstić information content (AvgIpc) is 2.26. The first-order chi connectivity index (χ1) is 9.32. The van der Waals surface area contributed by atoms with E-state index < -0.39 is 14.7 Å². The van der Waals surface area contributed by atoms with Crippen LogP contribution in [0.2, 0.25) is 18.1 Å². The van der Waals surface area contributed by atoms with Crippen molar-refractivity contribution in [1.29, 1.82) is 0 Å². The highest BCUT2D eigenvalue weighted by Crippen LogP contribution is 2.38. The van der Waals surface area contributed by atoms with E-state index in [1.807, 2.05) is 33.9 Å². The Kier molecular flexibility index (Phi) is 5.00. The van der Waals surface area contributed by atoms with E-state index >= 15 is 0 Å². The molecule has 0 aliphatic carbocycles. The zero-order valence-corrected chi connectivity index (χ0v) is 13.8. The van der Waals surface area contributed by atoms with E-state index in [9.17, 15) is 18.3 Å². The minimum atomic E-state index is -4.78. The second kappa shape index (κ2) is 5.88. The highest BCUT2D eigenvalue weighted by molar-refractivity contribution is 6.74. The van der Waals surface area contributed by atoms with E-state index in [2.05, 4.69) is 4.74 Å². The van der Waals surface area contributed by atoms with E-state index in [1.54, 1.807) is 0 Å². The highest BCUT2D eigenvalue weighted by Gasteiger charge is 2.37. The third-order valence-electron chi connectivity index (χ3n) is 3.66. The number of aromatic hydroxyl groups is 1. The van der Waals surface area contributed by atoms with Gasteiger partial charge in [0.05, 0.1) is 6.61 Å². The van der Waals surface area contributed by atoms with Gasteiger partial charge >= 0.3 is 6.36 Å². The van der Waals surface area contributed by atoms with Gasteiger partial charge in [-0.25, -0.2) is 0 Å². The predicted octanol–water partition coefficient (Wildman–Crippen LogP) is 4.81. The Balaban J connectivity index is 2.95. The topological polar surface area (TPSA) is 38.7 Å². The van der Waals surface area contributed by atoms with E-state index in [4.69, 9.17) is 4.43 Å². The third-order valence-corrected chi connectivity index (χ3v) is 8.14. The van der Waals surface area contributed by atoms with Crippen LogP contribution >= 0.6 is 0 Å². The summed E-state index contributed by atoms with van der Waals surface area (Å²) in [6, 6.07) is 3.47. The zero-order valence-electron chi connectivity index (χ0n) is 12.8. The molecule has 0 aliphatic rings. The second-order valence-electron chi connectivity index (χ2n) is 6.39. The van der Waals surface area contributed by atoms with Gasteiger partial charge in [0.15, 0.2) is 8.32 Å². The second-order valence-corrected chi connectivity index (χ2v) is 11.2. The smallest absolute Gasteiger partial charge is 0.508 e. The van der Waals surface area contributed by atoms with Gasteiger partial charge < -0.3 is 14.3 Å². The number of benzene rings is 1. The van der Waals surface area contributed by atoms with Crippen molar-refractivity contribution in [3.8, 4) is 11.5 Å². The fourth-order valence-electron chi connectivity index (χ4n) is 1.38. The van der Waals surface area contributed by atoms with Gasteiger partial charge in [0.2, 0.25) is 0 Å². The van der Waals surface area contributed by atoms with Crippen LogP contribution in [0.5, 0.6) is 11.5 Å². The largest absolute Gasteiger partial charge is 0.573 e. The lowest BCUT2D eigenvalue weighted by Crippen LogP contribution is -2.40. The Hall–Kier alpha value is -1.21. The molecule has 1 rings (SSSR count). The van der Waals surface area contributed by atoms with Gasteiger partial charge in [-0.2, -0.15) is 0 Å². The van der Waals surface area contributed by atoms with Crippen molar-refractivity contribution in [2.24, 2.45) is 0 Å². The van der Waals surface area contributed by atoms with E-state index in [0.717, 1.165) is 12.1 Å². The first-order valence-corrected chi connectivity index (χ1v) is 9.44. The highest BCUT2D eigenvalue weighted by atomic mass is 28.4. The van der Waals surface area contributed by atoms with Gasteiger partial charge in [0.1, 0.15) is 11.5 Å². The van der Waals surface area contributed by atoms with Crippen molar-refractivity contribution in [3.63, 3.8) is 0 Å². The van der Waals surface area contributed by atoms with Gasteiger partial charge in [-0.3, -0.25) is 0 Å². The van der Waals surface area contributed by atoms with Crippen LogP contribution in [0.3, 0.4) is 0 Å². The minimum Gasteiger partial charge on any atom is -0.508 e. The van der Waals surface area contributed by atoms with Gasteiger partial charge in [-0.1, -0.05) is 20.8 Å². The van der Waals surface area contributed by atoms with Crippen LogP contribution in [-0.2, 0) is 11.0 Å². The molecule has 7 heteroatoms. The molecule has 0 atom stereocenters. The van der Waals surface area contributed by atoms with E-state index in [1.165, 1.54) is 6.07 Å². The number of hydrogen-bond donors (Lipinski definition) is 1. The van der Waals surface area contributed by atoms with Crippen LogP contribution in [0.15, 0.2) is 18.2 Å². The Morgan fingerprint density at radius 3 is 2.19 bits per heavy atom. The van der Waals surface area contributed by atoms with Crippen molar-refractivity contribution in [1.82, 2.24) is 0 Å². The van der Waals surface area contributed by atoms with Crippen LogP contribution in [0.1, 0.15) is 26.3 Å². The Bertz CT molecular complexity index is 493. The number of phenolic OH excluding ortho intramolecular Hbond substituents is 1. The summed E-state index contributed by atoms with van der Waals surface area (Å²) in [6.07, 6.45) is -4.78. The molecule has 0 spiro atoms. The molecule has 0 heterocycles. The minimum absolute atomic E-state index is 0.0314. The molecule has 0 unspecified atom stereocenters. The van der Waals surface area contributed by atoms with Crippen LogP contribution in [0.25, 0.3) is 0 Å². The normalized spacial score (nSPS) is 13.3. The summed E-state index contributed by atoms with van der Waals surface area (Å²) in [4.78, 5) is 0. The maximum absolute atomic E-state index is 12.4. The molecule has 0 aromatic heterocycles. The number of halogens is 3. The maximum Gasteiger partial charge on any atom is 0.573 e.